The third-order valence-corrected chi connectivity index (χ3v) is 6.82. The van der Waals surface area contributed by atoms with Crippen LogP contribution in [0.15, 0.2) is 0 Å². The summed E-state index contributed by atoms with van der Waals surface area (Å²) in [5.74, 6) is -2.57. The van der Waals surface area contributed by atoms with Crippen LogP contribution in [0.3, 0.4) is 0 Å². The first-order valence-corrected chi connectivity index (χ1v) is 10.2. The minimum absolute atomic E-state index is 0.0279. The zero-order valence-electron chi connectivity index (χ0n) is 11.1. The molecule has 2 bridgehead atoms. The molecular formula is C11H19NO6S2. The fraction of sp³-hybridized carbons (Fsp3) is 0.909. The molecule has 0 aliphatic heterocycles. The Bertz CT molecular complexity index is 596. The second kappa shape index (κ2) is 5.27. The fourth-order valence-corrected chi connectivity index (χ4v) is 6.30. The van der Waals surface area contributed by atoms with E-state index in [1.807, 2.05) is 0 Å². The molecule has 4 unspecified atom stereocenters. The van der Waals surface area contributed by atoms with Crippen molar-refractivity contribution in [3.8, 4) is 0 Å². The molecule has 7 nitrogen and oxygen atoms in total. The molecule has 0 aromatic heterocycles. The van der Waals surface area contributed by atoms with Gasteiger partial charge in [0.05, 0.1) is 17.4 Å². The molecule has 0 aromatic carbocycles. The Balaban J connectivity index is 2.06. The van der Waals surface area contributed by atoms with Crippen molar-refractivity contribution >= 4 is 25.8 Å². The van der Waals surface area contributed by atoms with Crippen molar-refractivity contribution in [2.24, 2.45) is 17.8 Å². The normalized spacial score (nSPS) is 33.5. The number of rotatable bonds is 6. The molecule has 2 fully saturated rings. The van der Waals surface area contributed by atoms with E-state index in [-0.39, 0.29) is 11.8 Å². The summed E-state index contributed by atoms with van der Waals surface area (Å²) in [5.41, 5.74) is 0. The number of carboxylic acids is 1. The van der Waals surface area contributed by atoms with Crippen molar-refractivity contribution in [2.45, 2.75) is 25.3 Å². The summed E-state index contributed by atoms with van der Waals surface area (Å²) >= 11 is 0. The van der Waals surface area contributed by atoms with Crippen molar-refractivity contribution in [1.82, 2.24) is 4.72 Å². The average Bonchev–Trinajstić information content (AvgIpc) is 2.85. The molecule has 2 N–H and O–H groups in total. The van der Waals surface area contributed by atoms with E-state index < -0.39 is 49.3 Å². The van der Waals surface area contributed by atoms with Gasteiger partial charge >= 0.3 is 5.97 Å². The lowest BCUT2D eigenvalue weighted by molar-refractivity contribution is -0.144. The maximum atomic E-state index is 11.9. The van der Waals surface area contributed by atoms with Gasteiger partial charge in [-0.1, -0.05) is 0 Å². The molecular weight excluding hydrogens is 306 g/mol. The molecule has 116 valence electrons. The topological polar surface area (TPSA) is 118 Å². The van der Waals surface area contributed by atoms with Crippen LogP contribution in [0, 0.1) is 17.8 Å². The van der Waals surface area contributed by atoms with Crippen molar-refractivity contribution < 1.29 is 26.7 Å². The van der Waals surface area contributed by atoms with E-state index in [1.165, 1.54) is 0 Å². The molecule has 2 aliphatic carbocycles. The molecule has 0 spiro atoms. The number of nitrogens with one attached hydrogen (secondary N) is 1. The van der Waals surface area contributed by atoms with E-state index in [2.05, 4.69) is 4.72 Å². The van der Waals surface area contributed by atoms with Crippen LogP contribution < -0.4 is 4.72 Å². The quantitative estimate of drug-likeness (QED) is 0.676. The number of carboxylic acid groups (broad SMARTS) is 1. The maximum absolute atomic E-state index is 11.9. The predicted molar refractivity (Wildman–Crippen MR) is 72.4 cm³/mol. The van der Waals surface area contributed by atoms with Gasteiger partial charge in [0.25, 0.3) is 0 Å². The lowest BCUT2D eigenvalue weighted by Crippen LogP contribution is -2.47. The zero-order valence-corrected chi connectivity index (χ0v) is 12.8. The molecule has 9 heteroatoms. The number of aliphatic carboxylic acids is 1. The predicted octanol–water partition coefficient (Wildman–Crippen LogP) is -0.550. The van der Waals surface area contributed by atoms with E-state index in [1.54, 1.807) is 0 Å². The molecule has 0 aromatic rings. The number of hydrogen-bond acceptors (Lipinski definition) is 5. The van der Waals surface area contributed by atoms with Gasteiger partial charge in [-0.15, -0.1) is 0 Å². The Hall–Kier alpha value is -0.670. The Morgan fingerprint density at radius 2 is 1.75 bits per heavy atom. The van der Waals surface area contributed by atoms with Crippen molar-refractivity contribution in [1.29, 1.82) is 0 Å². The molecule has 0 saturated heterocycles. The van der Waals surface area contributed by atoms with E-state index in [4.69, 9.17) is 0 Å². The third kappa shape index (κ3) is 3.50. The molecule has 0 heterocycles. The van der Waals surface area contributed by atoms with Crippen molar-refractivity contribution in [3.05, 3.63) is 0 Å². The molecule has 2 rings (SSSR count). The highest BCUT2D eigenvalue weighted by atomic mass is 32.2. The van der Waals surface area contributed by atoms with Gasteiger partial charge in [-0.25, -0.2) is 21.6 Å². The minimum Gasteiger partial charge on any atom is -0.481 e. The van der Waals surface area contributed by atoms with Gasteiger partial charge in [-0.3, -0.25) is 4.79 Å². The van der Waals surface area contributed by atoms with E-state index in [0.717, 1.165) is 25.5 Å². The molecule has 0 radical (unpaired) electrons. The molecule has 2 aliphatic rings. The number of sulfone groups is 1. The highest BCUT2D eigenvalue weighted by Gasteiger charge is 2.52. The van der Waals surface area contributed by atoms with Crippen LogP contribution in [0.1, 0.15) is 19.3 Å². The SMILES string of the molecule is CS(=O)(=O)CCS(=O)(=O)NC1C2CCC(C2)C1C(=O)O. The Morgan fingerprint density at radius 3 is 2.30 bits per heavy atom. The lowest BCUT2D eigenvalue weighted by Gasteiger charge is -2.28. The fourth-order valence-electron chi connectivity index (χ4n) is 3.34. The van der Waals surface area contributed by atoms with Gasteiger partial charge in [0.1, 0.15) is 9.84 Å². The highest BCUT2D eigenvalue weighted by Crippen LogP contribution is 2.48. The van der Waals surface area contributed by atoms with Crippen molar-refractivity contribution in [2.75, 3.05) is 17.8 Å². The summed E-state index contributed by atoms with van der Waals surface area (Å²) in [4.78, 5) is 11.3. The second-order valence-electron chi connectivity index (χ2n) is 5.79. The van der Waals surface area contributed by atoms with Crippen LogP contribution in [-0.2, 0) is 24.7 Å². The first-order valence-electron chi connectivity index (χ1n) is 6.49. The largest absolute Gasteiger partial charge is 0.481 e. The van der Waals surface area contributed by atoms with Crippen LogP contribution in [0.2, 0.25) is 0 Å². The number of sulfonamides is 1. The van der Waals surface area contributed by atoms with E-state index in [0.29, 0.717) is 0 Å². The smallest absolute Gasteiger partial charge is 0.308 e. The lowest BCUT2D eigenvalue weighted by atomic mass is 9.85. The van der Waals surface area contributed by atoms with Crippen LogP contribution in [0.25, 0.3) is 0 Å². The van der Waals surface area contributed by atoms with Gasteiger partial charge < -0.3 is 5.11 Å². The molecule has 2 saturated carbocycles. The number of hydrogen-bond donors (Lipinski definition) is 2. The number of fused-ring (bicyclic) bond motifs is 2. The van der Waals surface area contributed by atoms with Gasteiger partial charge in [0.2, 0.25) is 10.0 Å². The Morgan fingerprint density at radius 1 is 1.15 bits per heavy atom. The van der Waals surface area contributed by atoms with Crippen LogP contribution in [-0.4, -0.2) is 51.7 Å². The molecule has 20 heavy (non-hydrogen) atoms. The van der Waals surface area contributed by atoms with Crippen molar-refractivity contribution in [3.63, 3.8) is 0 Å². The maximum Gasteiger partial charge on any atom is 0.308 e. The van der Waals surface area contributed by atoms with E-state index in [9.17, 15) is 26.7 Å². The highest BCUT2D eigenvalue weighted by molar-refractivity contribution is 7.93. The molecule has 4 atom stereocenters. The van der Waals surface area contributed by atoms with Crippen LogP contribution in [0.5, 0.6) is 0 Å². The Kier molecular flexibility index (Phi) is 4.14. The van der Waals surface area contributed by atoms with Gasteiger partial charge in [-0.05, 0) is 31.1 Å². The third-order valence-electron chi connectivity index (χ3n) is 4.24. The summed E-state index contributed by atoms with van der Waals surface area (Å²) in [6.07, 6.45) is 3.35. The number of carbonyl (C=O) groups is 1. The Labute approximate surface area is 118 Å². The summed E-state index contributed by atoms with van der Waals surface area (Å²) in [6, 6.07) is -0.601. The van der Waals surface area contributed by atoms with E-state index >= 15 is 0 Å². The average molecular weight is 325 g/mol. The van der Waals surface area contributed by atoms with Crippen LogP contribution >= 0.6 is 0 Å². The summed E-state index contributed by atoms with van der Waals surface area (Å²) in [6.45, 7) is 0. The first-order chi connectivity index (χ1) is 9.09. The zero-order chi connectivity index (χ0) is 15.1. The van der Waals surface area contributed by atoms with Gasteiger partial charge in [0, 0.05) is 12.3 Å². The minimum atomic E-state index is -3.78. The summed E-state index contributed by atoms with van der Waals surface area (Å²) in [7, 11) is -7.15. The van der Waals surface area contributed by atoms with Crippen LogP contribution in [0.4, 0.5) is 0 Å². The molecule has 0 amide bonds. The summed E-state index contributed by atoms with van der Waals surface area (Å²) < 4.78 is 48.3. The van der Waals surface area contributed by atoms with Gasteiger partial charge in [-0.2, -0.15) is 0 Å². The summed E-state index contributed by atoms with van der Waals surface area (Å²) in [5, 5.41) is 9.23. The monoisotopic (exact) mass is 325 g/mol. The van der Waals surface area contributed by atoms with Gasteiger partial charge in [0.15, 0.2) is 0 Å². The first kappa shape index (κ1) is 15.7. The second-order valence-corrected chi connectivity index (χ2v) is 9.92. The standard InChI is InChI=1S/C11H19NO6S2/c1-19(15,16)4-5-20(17,18)12-10-8-3-2-7(6-8)9(10)11(13)14/h7-10,12H,2-6H2,1H3,(H,13,14).